The van der Waals surface area contributed by atoms with E-state index in [2.05, 4.69) is 26.2 Å². The maximum atomic E-state index is 12.3. The number of aliphatic imine (C=N–C) groups is 1. The van der Waals surface area contributed by atoms with Gasteiger partial charge in [-0.05, 0) is 38.0 Å². The van der Waals surface area contributed by atoms with Crippen LogP contribution in [0.25, 0.3) is 0 Å². The van der Waals surface area contributed by atoms with Crippen LogP contribution in [0.5, 0.6) is 0 Å². The van der Waals surface area contributed by atoms with Crippen molar-refractivity contribution in [1.29, 1.82) is 0 Å². The summed E-state index contributed by atoms with van der Waals surface area (Å²) in [5, 5.41) is 2.94. The minimum atomic E-state index is -0.506. The number of fused-ring (bicyclic) bond motifs is 1. The summed E-state index contributed by atoms with van der Waals surface area (Å²) in [5.74, 6) is -0.118. The Morgan fingerprint density at radius 2 is 2.18 bits per heavy atom. The Balaban J connectivity index is 1.72. The van der Waals surface area contributed by atoms with Crippen molar-refractivity contribution in [3.05, 3.63) is 28.2 Å². The normalized spacial score (nSPS) is 22.5. The van der Waals surface area contributed by atoms with Crippen LogP contribution in [0.1, 0.15) is 25.3 Å². The van der Waals surface area contributed by atoms with Gasteiger partial charge in [0.1, 0.15) is 0 Å². The molecule has 0 bridgehead atoms. The molecule has 22 heavy (non-hydrogen) atoms. The zero-order valence-electron chi connectivity index (χ0n) is 12.5. The molecule has 6 heteroatoms. The molecule has 1 N–H and O–H groups in total. The highest BCUT2D eigenvalue weighted by Gasteiger charge is 2.25. The summed E-state index contributed by atoms with van der Waals surface area (Å²) in [6, 6.07) is 5.26. The molecule has 3 rings (SSSR count). The highest BCUT2D eigenvalue weighted by atomic mass is 79.9. The van der Waals surface area contributed by atoms with E-state index >= 15 is 0 Å². The summed E-state index contributed by atoms with van der Waals surface area (Å²) in [5.41, 5.74) is 2.58. The average molecular weight is 367 g/mol. The van der Waals surface area contributed by atoms with E-state index in [9.17, 15) is 4.79 Å². The first-order chi connectivity index (χ1) is 10.6. The summed E-state index contributed by atoms with van der Waals surface area (Å²) in [4.78, 5) is 16.9. The molecule has 1 fully saturated rings. The fourth-order valence-corrected chi connectivity index (χ4v) is 3.05. The van der Waals surface area contributed by atoms with Gasteiger partial charge in [0.25, 0.3) is 5.91 Å². The van der Waals surface area contributed by atoms with Crippen LogP contribution >= 0.6 is 15.9 Å². The molecule has 0 unspecified atom stereocenters. The summed E-state index contributed by atoms with van der Waals surface area (Å²) in [6.07, 6.45) is 1.92. The average Bonchev–Trinajstić information content (AvgIpc) is 2.64. The lowest BCUT2D eigenvalue weighted by Crippen LogP contribution is -2.33. The first kappa shape index (κ1) is 15.6. The van der Waals surface area contributed by atoms with Gasteiger partial charge in [-0.15, -0.1) is 0 Å². The molecule has 2 aliphatic heterocycles. The van der Waals surface area contributed by atoms with Gasteiger partial charge in [0.2, 0.25) is 0 Å². The summed E-state index contributed by atoms with van der Waals surface area (Å²) in [7, 11) is 0. The van der Waals surface area contributed by atoms with Gasteiger partial charge in [0, 0.05) is 34.6 Å². The molecule has 1 aromatic rings. The van der Waals surface area contributed by atoms with Gasteiger partial charge < -0.3 is 14.8 Å². The second-order valence-corrected chi connectivity index (χ2v) is 6.47. The van der Waals surface area contributed by atoms with Crippen LogP contribution in [-0.2, 0) is 14.3 Å². The van der Waals surface area contributed by atoms with Crippen molar-refractivity contribution >= 4 is 33.2 Å². The third kappa shape index (κ3) is 3.56. The second kappa shape index (κ2) is 6.89. The predicted octanol–water partition coefficient (Wildman–Crippen LogP) is 2.77. The number of anilines is 1. The summed E-state index contributed by atoms with van der Waals surface area (Å²) >= 11 is 3.45. The van der Waals surface area contributed by atoms with Crippen LogP contribution in [0.2, 0.25) is 0 Å². The summed E-state index contributed by atoms with van der Waals surface area (Å²) in [6.45, 7) is 3.68. The minimum Gasteiger partial charge on any atom is -0.381 e. The Morgan fingerprint density at radius 1 is 1.41 bits per heavy atom. The van der Waals surface area contributed by atoms with E-state index in [0.29, 0.717) is 6.61 Å². The number of carbonyl (C=O) groups excluding carboxylic acids is 1. The largest absolute Gasteiger partial charge is 0.381 e. The Labute approximate surface area is 138 Å². The van der Waals surface area contributed by atoms with E-state index < -0.39 is 6.04 Å². The van der Waals surface area contributed by atoms with E-state index in [0.717, 1.165) is 47.5 Å². The maximum absolute atomic E-state index is 12.3. The monoisotopic (exact) mass is 366 g/mol. The molecule has 0 spiro atoms. The number of ether oxygens (including phenoxy) is 2. The van der Waals surface area contributed by atoms with Crippen LogP contribution in [-0.4, -0.2) is 43.6 Å². The lowest BCUT2D eigenvalue weighted by molar-refractivity contribution is -0.119. The number of benzodiazepines with no additional fused rings is 1. The third-order valence-electron chi connectivity index (χ3n) is 3.94. The molecule has 2 aliphatic rings. The van der Waals surface area contributed by atoms with E-state index in [-0.39, 0.29) is 12.0 Å². The summed E-state index contributed by atoms with van der Waals surface area (Å²) < 4.78 is 12.1. The molecule has 118 valence electrons. The fourth-order valence-electron chi connectivity index (χ4n) is 2.69. The zero-order valence-corrected chi connectivity index (χ0v) is 14.1. The predicted molar refractivity (Wildman–Crippen MR) is 88.6 cm³/mol. The molecule has 0 radical (unpaired) electrons. The first-order valence-corrected chi connectivity index (χ1v) is 8.27. The van der Waals surface area contributed by atoms with Gasteiger partial charge in [0.05, 0.1) is 12.7 Å². The van der Waals surface area contributed by atoms with Crippen molar-refractivity contribution in [2.24, 2.45) is 4.99 Å². The fraction of sp³-hybridized carbons (Fsp3) is 0.500. The number of halogens is 1. The number of nitrogens with one attached hydrogen (secondary N) is 1. The molecule has 1 aromatic carbocycles. The quantitative estimate of drug-likeness (QED) is 0.894. The van der Waals surface area contributed by atoms with Crippen molar-refractivity contribution in [3.63, 3.8) is 0 Å². The molecule has 0 aromatic heterocycles. The van der Waals surface area contributed by atoms with Gasteiger partial charge in [-0.1, -0.05) is 15.9 Å². The number of benzene rings is 1. The van der Waals surface area contributed by atoms with E-state index in [1.54, 1.807) is 0 Å². The molecule has 2 heterocycles. The third-order valence-corrected chi connectivity index (χ3v) is 4.43. The number of nitrogens with zero attached hydrogens (tertiary/aromatic N) is 1. The number of hydrogen-bond donors (Lipinski definition) is 1. The standard InChI is InChI=1S/C16H19BrN2O3/c1-10-13-8-11(17)2-3-14(13)19-16(20)15(18-10)9-22-12-4-6-21-7-5-12/h2-3,8,12,15H,4-7,9H2,1H3,(H,19,20)/t15-/m0/s1. The minimum absolute atomic E-state index is 0.118. The Kier molecular flexibility index (Phi) is 4.90. The molecule has 1 amide bonds. The van der Waals surface area contributed by atoms with Crippen molar-refractivity contribution in [3.8, 4) is 0 Å². The van der Waals surface area contributed by atoms with Crippen LogP contribution < -0.4 is 5.32 Å². The van der Waals surface area contributed by atoms with Crippen LogP contribution in [0.15, 0.2) is 27.7 Å². The molecule has 0 aliphatic carbocycles. The van der Waals surface area contributed by atoms with Gasteiger partial charge in [-0.25, -0.2) is 0 Å². The van der Waals surface area contributed by atoms with Gasteiger partial charge in [-0.2, -0.15) is 0 Å². The van der Waals surface area contributed by atoms with Gasteiger partial charge in [-0.3, -0.25) is 9.79 Å². The smallest absolute Gasteiger partial charge is 0.251 e. The molecule has 1 saturated heterocycles. The van der Waals surface area contributed by atoms with Gasteiger partial charge in [0.15, 0.2) is 6.04 Å². The van der Waals surface area contributed by atoms with Crippen LogP contribution in [0, 0.1) is 0 Å². The molecule has 5 nitrogen and oxygen atoms in total. The molecule has 1 atom stereocenters. The van der Waals surface area contributed by atoms with Crippen molar-refractivity contribution in [2.75, 3.05) is 25.1 Å². The zero-order chi connectivity index (χ0) is 15.5. The van der Waals surface area contributed by atoms with Crippen molar-refractivity contribution in [1.82, 2.24) is 0 Å². The lowest BCUT2D eigenvalue weighted by atomic mass is 10.1. The molecular formula is C16H19BrN2O3. The highest BCUT2D eigenvalue weighted by molar-refractivity contribution is 9.10. The molecular weight excluding hydrogens is 348 g/mol. The van der Waals surface area contributed by atoms with Crippen molar-refractivity contribution in [2.45, 2.75) is 31.9 Å². The number of rotatable bonds is 3. The van der Waals surface area contributed by atoms with Crippen molar-refractivity contribution < 1.29 is 14.3 Å². The Hall–Kier alpha value is -1.24. The molecule has 0 saturated carbocycles. The van der Waals surface area contributed by atoms with E-state index in [4.69, 9.17) is 9.47 Å². The number of hydrogen-bond acceptors (Lipinski definition) is 4. The number of carbonyl (C=O) groups is 1. The van der Waals surface area contributed by atoms with E-state index in [1.165, 1.54) is 0 Å². The Morgan fingerprint density at radius 3 is 2.95 bits per heavy atom. The van der Waals surface area contributed by atoms with Crippen LogP contribution in [0.4, 0.5) is 5.69 Å². The Bertz CT molecular complexity index is 597. The maximum Gasteiger partial charge on any atom is 0.251 e. The first-order valence-electron chi connectivity index (χ1n) is 7.48. The van der Waals surface area contributed by atoms with Crippen LogP contribution in [0.3, 0.4) is 0 Å². The second-order valence-electron chi connectivity index (χ2n) is 5.55. The number of amides is 1. The topological polar surface area (TPSA) is 59.9 Å². The SMILES string of the molecule is CC1=N[C@@H](COC2CCOCC2)C(=O)Nc2ccc(Br)cc21. The highest BCUT2D eigenvalue weighted by Crippen LogP contribution is 2.25. The van der Waals surface area contributed by atoms with Gasteiger partial charge >= 0.3 is 0 Å². The lowest BCUT2D eigenvalue weighted by Gasteiger charge is -2.23. The van der Waals surface area contributed by atoms with E-state index in [1.807, 2.05) is 25.1 Å².